The lowest BCUT2D eigenvalue weighted by atomic mass is 9.98. The van der Waals surface area contributed by atoms with Crippen LogP contribution in [0.5, 0.6) is 0 Å². The summed E-state index contributed by atoms with van der Waals surface area (Å²) in [5.41, 5.74) is 6.14. The lowest BCUT2D eigenvalue weighted by Crippen LogP contribution is -2.14. The van der Waals surface area contributed by atoms with E-state index in [9.17, 15) is 0 Å². The van der Waals surface area contributed by atoms with Crippen molar-refractivity contribution in [3.63, 3.8) is 0 Å². The monoisotopic (exact) mass is 526 g/mol. The largest absolute Gasteiger partial charge is 0.276 e. The Bertz CT molecular complexity index is 2220. The van der Waals surface area contributed by atoms with E-state index in [4.69, 9.17) is 11.3 Å². The molecule has 5 heteroatoms. The fourth-order valence-electron chi connectivity index (χ4n) is 5.33. The third-order valence-corrected chi connectivity index (χ3v) is 7.40. The van der Waals surface area contributed by atoms with Gasteiger partial charge in [0.1, 0.15) is 0 Å². The third-order valence-electron chi connectivity index (χ3n) is 7.40. The van der Waals surface area contributed by atoms with Gasteiger partial charge in [-0.05, 0) is 81.2 Å². The fraction of sp³-hybridized carbons (Fsp3) is 0. The molecule has 6 aromatic carbocycles. The van der Waals surface area contributed by atoms with Crippen LogP contribution in [0.3, 0.4) is 0 Å². The minimum absolute atomic E-state index is 0.451. The molecule has 0 atom stereocenters. The number of hydrogen-bond donors (Lipinski definition) is 0. The van der Waals surface area contributed by atoms with E-state index in [2.05, 4.69) is 58.5 Å². The standard InChI is InChI=1S/C36H23N5/c1-2-8-25-19-26(14-13-24(25)7-1)27-15-16-29-21-30(18-17-28(29)20-27)41(35-22-37-31-9-3-5-11-33(31)39-35)36-23-38-32-10-4-6-12-34(32)40-36/h1-23H/i16D. The molecule has 8 aromatic rings. The second-order valence-electron chi connectivity index (χ2n) is 9.99. The number of benzene rings is 6. The molecule has 2 aromatic heterocycles. The van der Waals surface area contributed by atoms with Crippen LogP contribution >= 0.6 is 0 Å². The zero-order valence-corrected chi connectivity index (χ0v) is 21.9. The zero-order chi connectivity index (χ0) is 28.0. The number of hydrogen-bond acceptors (Lipinski definition) is 5. The maximum atomic E-state index is 9.00. The van der Waals surface area contributed by atoms with Crippen LogP contribution in [0.2, 0.25) is 0 Å². The highest BCUT2D eigenvalue weighted by atomic mass is 15.3. The Morgan fingerprint density at radius 1 is 0.463 bits per heavy atom. The van der Waals surface area contributed by atoms with Crippen LogP contribution in [0.25, 0.3) is 54.7 Å². The molecule has 0 amide bonds. The molecule has 41 heavy (non-hydrogen) atoms. The average molecular weight is 527 g/mol. The number of fused-ring (bicyclic) bond motifs is 4. The van der Waals surface area contributed by atoms with Crippen LogP contribution in [0.15, 0.2) is 140 Å². The van der Waals surface area contributed by atoms with Crippen molar-refractivity contribution in [1.29, 1.82) is 0 Å². The fourth-order valence-corrected chi connectivity index (χ4v) is 5.33. The molecular formula is C36H23N5. The van der Waals surface area contributed by atoms with Crippen LogP contribution in [0.4, 0.5) is 17.3 Å². The Morgan fingerprint density at radius 2 is 1.00 bits per heavy atom. The summed E-state index contributed by atoms with van der Waals surface area (Å²) in [6, 6.07) is 41.0. The molecule has 192 valence electrons. The van der Waals surface area contributed by atoms with E-state index in [0.29, 0.717) is 17.7 Å². The second kappa shape index (κ2) is 9.50. The van der Waals surface area contributed by atoms with Gasteiger partial charge in [-0.2, -0.15) is 0 Å². The molecule has 0 spiro atoms. The van der Waals surface area contributed by atoms with Crippen LogP contribution in [-0.2, 0) is 0 Å². The number of anilines is 3. The van der Waals surface area contributed by atoms with Crippen molar-refractivity contribution in [3.8, 4) is 11.1 Å². The molecule has 0 saturated heterocycles. The summed E-state index contributed by atoms with van der Waals surface area (Å²) in [5.74, 6) is 1.24. The number of nitrogens with zero attached hydrogens (tertiary/aromatic N) is 5. The number of rotatable bonds is 4. The predicted molar refractivity (Wildman–Crippen MR) is 168 cm³/mol. The number of aromatic nitrogens is 4. The molecule has 0 aliphatic heterocycles. The van der Waals surface area contributed by atoms with Gasteiger partial charge in [-0.15, -0.1) is 0 Å². The molecule has 0 radical (unpaired) electrons. The van der Waals surface area contributed by atoms with E-state index < -0.39 is 0 Å². The van der Waals surface area contributed by atoms with E-state index in [1.165, 1.54) is 10.8 Å². The van der Waals surface area contributed by atoms with Gasteiger partial charge in [0.15, 0.2) is 11.6 Å². The third kappa shape index (κ3) is 4.21. The molecule has 5 nitrogen and oxygen atoms in total. The Morgan fingerprint density at radius 3 is 1.68 bits per heavy atom. The molecule has 0 aliphatic rings. The molecule has 2 heterocycles. The highest BCUT2D eigenvalue weighted by Gasteiger charge is 2.18. The Hall–Kier alpha value is -5.68. The van der Waals surface area contributed by atoms with Gasteiger partial charge in [0, 0.05) is 5.69 Å². The van der Waals surface area contributed by atoms with Crippen LogP contribution in [0.1, 0.15) is 1.37 Å². The lowest BCUT2D eigenvalue weighted by molar-refractivity contribution is 1.12. The van der Waals surface area contributed by atoms with Crippen molar-refractivity contribution in [1.82, 2.24) is 19.9 Å². The Labute approximate surface area is 237 Å². The summed E-state index contributed by atoms with van der Waals surface area (Å²) in [7, 11) is 0. The first-order valence-electron chi connectivity index (χ1n) is 14.0. The van der Waals surface area contributed by atoms with Gasteiger partial charge in [-0.1, -0.05) is 78.8 Å². The van der Waals surface area contributed by atoms with Crippen LogP contribution in [-0.4, -0.2) is 19.9 Å². The van der Waals surface area contributed by atoms with E-state index in [-0.39, 0.29) is 0 Å². The van der Waals surface area contributed by atoms with Crippen molar-refractivity contribution in [2.24, 2.45) is 0 Å². The van der Waals surface area contributed by atoms with E-state index in [1.54, 1.807) is 12.4 Å². The Kier molecular flexibility index (Phi) is 5.14. The molecule has 0 fully saturated rings. The van der Waals surface area contributed by atoms with Gasteiger partial charge >= 0.3 is 0 Å². The summed E-state index contributed by atoms with van der Waals surface area (Å²) in [6.07, 6.45) is 3.52. The summed E-state index contributed by atoms with van der Waals surface area (Å²) >= 11 is 0. The Balaban J connectivity index is 1.28. The van der Waals surface area contributed by atoms with Crippen LogP contribution in [0, 0.1) is 0 Å². The first-order valence-corrected chi connectivity index (χ1v) is 13.5. The molecule has 0 saturated carbocycles. The number of para-hydroxylation sites is 4. The van der Waals surface area contributed by atoms with Gasteiger partial charge in [0.25, 0.3) is 0 Å². The summed E-state index contributed by atoms with van der Waals surface area (Å²) < 4.78 is 9.00. The van der Waals surface area contributed by atoms with Gasteiger partial charge < -0.3 is 0 Å². The molecule has 0 unspecified atom stereocenters. The highest BCUT2D eigenvalue weighted by Crippen LogP contribution is 2.36. The summed E-state index contributed by atoms with van der Waals surface area (Å²) in [6.45, 7) is 0. The van der Waals surface area contributed by atoms with Gasteiger partial charge in [-0.3, -0.25) is 14.9 Å². The zero-order valence-electron chi connectivity index (χ0n) is 22.9. The molecule has 0 aliphatic carbocycles. The maximum absolute atomic E-state index is 9.00. The van der Waals surface area contributed by atoms with Crippen LogP contribution < -0.4 is 4.90 Å². The first-order chi connectivity index (χ1) is 20.7. The maximum Gasteiger partial charge on any atom is 0.158 e. The second-order valence-corrected chi connectivity index (χ2v) is 9.99. The summed E-state index contributed by atoms with van der Waals surface area (Å²) in [5, 5.41) is 4.21. The predicted octanol–water partition coefficient (Wildman–Crippen LogP) is 9.02. The summed E-state index contributed by atoms with van der Waals surface area (Å²) in [4.78, 5) is 21.2. The SMILES string of the molecule is [2H]c1cc(-c2ccc3ccccc3c2)cc2ccc(N(c3cnc4ccccc4n3)c3cnc4ccccc4n3)cc12. The quantitative estimate of drug-likeness (QED) is 0.229. The van der Waals surface area contributed by atoms with Gasteiger partial charge in [-0.25, -0.2) is 9.97 Å². The van der Waals surface area contributed by atoms with Crippen molar-refractivity contribution in [2.75, 3.05) is 4.90 Å². The van der Waals surface area contributed by atoms with Crippen molar-refractivity contribution in [2.45, 2.75) is 0 Å². The van der Waals surface area contributed by atoms with E-state index in [0.717, 1.165) is 49.7 Å². The topological polar surface area (TPSA) is 54.8 Å². The van der Waals surface area contributed by atoms with E-state index in [1.807, 2.05) is 77.7 Å². The minimum Gasteiger partial charge on any atom is -0.276 e. The van der Waals surface area contributed by atoms with Crippen molar-refractivity contribution in [3.05, 3.63) is 140 Å². The molecule has 0 N–H and O–H groups in total. The van der Waals surface area contributed by atoms with E-state index >= 15 is 0 Å². The molecule has 8 rings (SSSR count). The van der Waals surface area contributed by atoms with Gasteiger partial charge in [0.05, 0.1) is 35.8 Å². The minimum atomic E-state index is 0.451. The normalized spacial score (nSPS) is 11.8. The highest BCUT2D eigenvalue weighted by molar-refractivity contribution is 5.94. The lowest BCUT2D eigenvalue weighted by Gasteiger charge is -2.23. The van der Waals surface area contributed by atoms with Crippen molar-refractivity contribution < 1.29 is 1.37 Å². The smallest absolute Gasteiger partial charge is 0.158 e. The molecule has 0 bridgehead atoms. The van der Waals surface area contributed by atoms with Gasteiger partial charge in [0.2, 0.25) is 0 Å². The average Bonchev–Trinajstić information content (AvgIpc) is 3.04. The first kappa shape index (κ1) is 22.2. The molecular weight excluding hydrogens is 502 g/mol. The van der Waals surface area contributed by atoms with Crippen molar-refractivity contribution >= 4 is 60.9 Å².